The van der Waals surface area contributed by atoms with Gasteiger partial charge in [-0.3, -0.25) is 4.98 Å². The first-order valence-corrected chi connectivity index (χ1v) is 21.7. The number of nitrogens with zero attached hydrogens (tertiary/aromatic N) is 3. The first-order chi connectivity index (χ1) is 29.6. The third-order valence-electron chi connectivity index (χ3n) is 11.3. The molecule has 2 heterocycles. The number of pyridine rings is 1. The Kier molecular flexibility index (Phi) is 19.5. The molecule has 1 aromatic heterocycles. The van der Waals surface area contributed by atoms with E-state index in [2.05, 4.69) is 116 Å². The van der Waals surface area contributed by atoms with Gasteiger partial charge in [-0.15, -0.1) is 0 Å². The standard InChI is InChI=1S/C32H41NO2.C16H19ClN2.C4H4O4/c1-31(2,3)26-18-16-25(17-19-26)30(34)15-10-22-33-23-20-29(21-24-33)32(35,27-11-6-4-7-12-27)28-13-8-5-9-14-28;1-19(2)12-10-15(16-5-3-4-11-18-16)13-6-8-14(17)9-7-13;5-3(6)1-2-4(7)8/h4-9,11-14,16-19,29-30,34-35H,10,15,20-24H2,1-3H3;3-9,11,15H,10,12H2,1-2H3;1-2H,(H,5,6)(H,7,8)/b;;2-1-. The quantitative estimate of drug-likeness (QED) is 0.0759. The van der Waals surface area contributed by atoms with Crippen LogP contribution in [0.2, 0.25) is 5.02 Å². The normalized spacial score (nSPS) is 14.6. The molecule has 62 heavy (non-hydrogen) atoms. The summed E-state index contributed by atoms with van der Waals surface area (Å²) in [6.45, 7) is 10.6. The maximum atomic E-state index is 12.1. The lowest BCUT2D eigenvalue weighted by Crippen LogP contribution is -2.44. The molecule has 1 fully saturated rings. The number of carboxylic acid groups (broad SMARTS) is 2. The zero-order chi connectivity index (χ0) is 45.1. The Morgan fingerprint density at radius 1 is 0.742 bits per heavy atom. The van der Waals surface area contributed by atoms with E-state index in [9.17, 15) is 19.8 Å². The van der Waals surface area contributed by atoms with Crippen LogP contribution in [-0.4, -0.2) is 87.4 Å². The maximum absolute atomic E-state index is 12.1. The molecule has 1 saturated heterocycles. The molecule has 1 aliphatic heterocycles. The number of hydrogen-bond acceptors (Lipinski definition) is 7. The van der Waals surface area contributed by atoms with Gasteiger partial charge < -0.3 is 30.2 Å². The van der Waals surface area contributed by atoms with Gasteiger partial charge in [-0.25, -0.2) is 9.59 Å². The lowest BCUT2D eigenvalue weighted by Gasteiger charge is -2.42. The van der Waals surface area contributed by atoms with E-state index in [1.54, 1.807) is 0 Å². The summed E-state index contributed by atoms with van der Waals surface area (Å²) in [5, 5.41) is 39.1. The minimum absolute atomic E-state index is 0.128. The van der Waals surface area contributed by atoms with Crippen molar-refractivity contribution in [2.75, 3.05) is 40.3 Å². The molecule has 4 aromatic carbocycles. The molecule has 6 rings (SSSR count). The lowest BCUT2D eigenvalue weighted by atomic mass is 9.72. The Morgan fingerprint density at radius 2 is 1.26 bits per heavy atom. The van der Waals surface area contributed by atoms with Crippen LogP contribution >= 0.6 is 11.6 Å². The van der Waals surface area contributed by atoms with E-state index < -0.39 is 23.6 Å². The van der Waals surface area contributed by atoms with Crippen LogP contribution in [0.4, 0.5) is 0 Å². The summed E-state index contributed by atoms with van der Waals surface area (Å²) in [7, 11) is 4.19. The zero-order valence-corrected chi connectivity index (χ0v) is 37.5. The van der Waals surface area contributed by atoms with Gasteiger partial charge in [0.15, 0.2) is 0 Å². The fraction of sp³-hybridized carbons (Fsp3) is 0.365. The van der Waals surface area contributed by atoms with Crippen molar-refractivity contribution in [1.29, 1.82) is 0 Å². The van der Waals surface area contributed by atoms with Crippen LogP contribution in [0.5, 0.6) is 0 Å². The molecule has 330 valence electrons. The van der Waals surface area contributed by atoms with Crippen LogP contribution < -0.4 is 0 Å². The number of piperidine rings is 1. The first-order valence-electron chi connectivity index (χ1n) is 21.4. The molecule has 5 aromatic rings. The molecular weight excluding hydrogens is 798 g/mol. The van der Waals surface area contributed by atoms with E-state index in [1.807, 2.05) is 66.9 Å². The molecule has 4 N–H and O–H groups in total. The zero-order valence-electron chi connectivity index (χ0n) is 36.8. The molecule has 0 spiro atoms. The van der Waals surface area contributed by atoms with Gasteiger partial charge in [0.1, 0.15) is 5.60 Å². The summed E-state index contributed by atoms with van der Waals surface area (Å²) in [4.78, 5) is 28.3. The number of aliphatic hydroxyl groups excluding tert-OH is 1. The fourth-order valence-electron chi connectivity index (χ4n) is 7.77. The average Bonchev–Trinajstić information content (AvgIpc) is 3.27. The van der Waals surface area contributed by atoms with Gasteiger partial charge in [-0.05, 0) is 136 Å². The number of rotatable bonds is 15. The van der Waals surface area contributed by atoms with E-state index >= 15 is 0 Å². The number of likely N-dealkylation sites (tertiary alicyclic amines) is 1. The highest BCUT2D eigenvalue weighted by Crippen LogP contribution is 2.42. The van der Waals surface area contributed by atoms with Crippen molar-refractivity contribution in [2.24, 2.45) is 5.92 Å². The molecule has 0 saturated carbocycles. The highest BCUT2D eigenvalue weighted by molar-refractivity contribution is 6.30. The van der Waals surface area contributed by atoms with E-state index in [0.717, 1.165) is 85.7 Å². The van der Waals surface area contributed by atoms with Crippen LogP contribution in [0, 0.1) is 5.92 Å². The second kappa shape index (κ2) is 24.5. The maximum Gasteiger partial charge on any atom is 0.328 e. The van der Waals surface area contributed by atoms with E-state index in [0.29, 0.717) is 18.1 Å². The number of aliphatic hydroxyl groups is 2. The molecular formula is C52H64ClN3O6. The van der Waals surface area contributed by atoms with Crippen LogP contribution in [0.25, 0.3) is 0 Å². The fourth-order valence-corrected chi connectivity index (χ4v) is 7.90. The number of halogens is 1. The van der Waals surface area contributed by atoms with E-state index in [4.69, 9.17) is 21.8 Å². The van der Waals surface area contributed by atoms with Crippen molar-refractivity contribution in [3.63, 3.8) is 0 Å². The van der Waals surface area contributed by atoms with Crippen LogP contribution in [0.3, 0.4) is 0 Å². The Labute approximate surface area is 373 Å². The highest BCUT2D eigenvalue weighted by atomic mass is 35.5. The molecule has 9 nitrogen and oxygen atoms in total. The summed E-state index contributed by atoms with van der Waals surface area (Å²) >= 11 is 5.97. The SMILES string of the molecule is CC(C)(C)c1ccc(C(O)CCCN2CCC(C(O)(c3ccccc3)c3ccccc3)CC2)cc1.CN(C)CCC(c1ccc(Cl)cc1)c1ccccn1.O=C(O)/C=C\C(=O)O. The molecule has 0 amide bonds. The molecule has 1 aliphatic rings. The van der Waals surface area contributed by atoms with Crippen molar-refractivity contribution >= 4 is 23.5 Å². The van der Waals surface area contributed by atoms with Gasteiger partial charge in [-0.1, -0.05) is 136 Å². The van der Waals surface area contributed by atoms with Gasteiger partial charge in [0.25, 0.3) is 0 Å². The van der Waals surface area contributed by atoms with Gasteiger partial charge in [0.05, 0.1) is 6.10 Å². The minimum Gasteiger partial charge on any atom is -0.478 e. The largest absolute Gasteiger partial charge is 0.478 e. The molecule has 10 heteroatoms. The number of aromatic nitrogens is 1. The van der Waals surface area contributed by atoms with E-state index in [-0.39, 0.29) is 11.3 Å². The number of hydrogen-bond donors (Lipinski definition) is 4. The predicted octanol–water partition coefficient (Wildman–Crippen LogP) is 9.98. The monoisotopic (exact) mass is 861 g/mol. The average molecular weight is 863 g/mol. The topological polar surface area (TPSA) is 134 Å². The summed E-state index contributed by atoms with van der Waals surface area (Å²) in [5.41, 5.74) is 5.80. The second-order valence-electron chi connectivity index (χ2n) is 17.1. The highest BCUT2D eigenvalue weighted by Gasteiger charge is 2.41. The van der Waals surface area contributed by atoms with E-state index in [1.165, 1.54) is 11.1 Å². The Hall–Kier alpha value is -5.16. The summed E-state index contributed by atoms with van der Waals surface area (Å²) in [6.07, 6.45) is 7.25. The number of aliphatic carboxylic acids is 2. The van der Waals surface area contributed by atoms with Gasteiger partial charge >= 0.3 is 11.9 Å². The third-order valence-corrected chi connectivity index (χ3v) is 11.5. The lowest BCUT2D eigenvalue weighted by molar-refractivity contribution is -0.134. The van der Waals surface area contributed by atoms with Crippen molar-refractivity contribution < 1.29 is 30.0 Å². The summed E-state index contributed by atoms with van der Waals surface area (Å²) in [6, 6.07) is 42.9. The predicted molar refractivity (Wildman–Crippen MR) is 249 cm³/mol. The van der Waals surface area contributed by atoms with Gasteiger partial charge in [0.2, 0.25) is 0 Å². The Bertz CT molecular complexity index is 2030. The molecule has 0 aliphatic carbocycles. The van der Waals surface area contributed by atoms with Crippen LogP contribution in [0.15, 0.2) is 146 Å². The third kappa shape index (κ3) is 15.6. The van der Waals surface area contributed by atoms with Crippen LogP contribution in [-0.2, 0) is 20.6 Å². The number of carbonyl (C=O) groups is 2. The van der Waals surface area contributed by atoms with Crippen molar-refractivity contribution in [3.05, 3.63) is 184 Å². The molecule has 0 bridgehead atoms. The minimum atomic E-state index is -1.26. The number of benzene rings is 4. The van der Waals surface area contributed by atoms with Crippen LogP contribution in [0.1, 0.15) is 98.4 Å². The van der Waals surface area contributed by atoms with Gasteiger partial charge in [0, 0.05) is 35.0 Å². The molecule has 0 radical (unpaired) electrons. The molecule has 2 atom stereocenters. The van der Waals surface area contributed by atoms with Crippen molar-refractivity contribution in [3.8, 4) is 0 Å². The first kappa shape index (κ1) is 49.5. The Balaban J connectivity index is 0.000000260. The second-order valence-corrected chi connectivity index (χ2v) is 17.5. The smallest absolute Gasteiger partial charge is 0.328 e. The van der Waals surface area contributed by atoms with Crippen molar-refractivity contribution in [1.82, 2.24) is 14.8 Å². The van der Waals surface area contributed by atoms with Crippen molar-refractivity contribution in [2.45, 2.75) is 75.9 Å². The Morgan fingerprint density at radius 3 is 1.73 bits per heavy atom. The van der Waals surface area contributed by atoms with Gasteiger partial charge in [-0.2, -0.15) is 0 Å². The summed E-state index contributed by atoms with van der Waals surface area (Å²) < 4.78 is 0. The molecule has 2 unspecified atom stereocenters. The summed E-state index contributed by atoms with van der Waals surface area (Å²) in [5.74, 6) is -2.02. The number of carboxylic acids is 2.